The Morgan fingerprint density at radius 2 is 0.911 bits per heavy atom. The molecule has 0 aliphatic carbocycles. The molecule has 6 heteroatoms. The molecule has 328 valence electrons. The van der Waals surface area contributed by atoms with Gasteiger partial charge in [0, 0.05) is 6.42 Å². The summed E-state index contributed by atoms with van der Waals surface area (Å²) in [6.45, 7) is 6.42. The Hall–Kier alpha value is -1.92. The lowest BCUT2D eigenvalue weighted by Crippen LogP contribution is -2.46. The molecule has 6 nitrogen and oxygen atoms in total. The average Bonchev–Trinajstić information content (AvgIpc) is 3.19. The van der Waals surface area contributed by atoms with Crippen molar-refractivity contribution < 1.29 is 24.5 Å². The standard InChI is InChI=1S/C50H93NO5/c1-4-7-10-13-16-19-22-24-26-27-30-33-36-39-42-48(53)47(45-52)51-49(54)44-46(41-38-35-32-29-21-18-15-12-9-6-3)56-50(55)43-40-37-34-31-28-25-23-20-17-14-11-8-5-2/h18,21,25,28,34,37,46-48,52-53H,4-17,19-20,22-24,26-27,29-33,35-36,38-45H2,1-3H3,(H,51,54)/b21-18-,28-25-,37-34+. The fraction of sp³-hybridized carbons (Fsp3) is 0.840. The van der Waals surface area contributed by atoms with Crippen LogP contribution in [0.1, 0.15) is 245 Å². The maximum atomic E-state index is 13.1. The summed E-state index contributed by atoms with van der Waals surface area (Å²) in [5.41, 5.74) is 0. The molecule has 0 aromatic carbocycles. The molecule has 0 heterocycles. The topological polar surface area (TPSA) is 95.9 Å². The van der Waals surface area contributed by atoms with E-state index in [9.17, 15) is 19.8 Å². The van der Waals surface area contributed by atoms with Gasteiger partial charge in [-0.15, -0.1) is 0 Å². The second-order valence-corrected chi connectivity index (χ2v) is 16.5. The van der Waals surface area contributed by atoms with E-state index in [0.29, 0.717) is 19.3 Å². The largest absolute Gasteiger partial charge is 0.462 e. The Morgan fingerprint density at radius 1 is 0.518 bits per heavy atom. The summed E-state index contributed by atoms with van der Waals surface area (Å²) in [7, 11) is 0. The van der Waals surface area contributed by atoms with Gasteiger partial charge in [0.05, 0.1) is 25.2 Å². The van der Waals surface area contributed by atoms with Crippen molar-refractivity contribution in [1.29, 1.82) is 0 Å². The highest BCUT2D eigenvalue weighted by molar-refractivity contribution is 5.77. The SMILES string of the molecule is CCCCC/C=C\CCCCCC(CC(=O)NC(CO)C(O)CCCCCCCCCCCCCCCC)OC(=O)CC/C=C/C/C=C\CCCCCCCC. The van der Waals surface area contributed by atoms with Crippen LogP contribution in [-0.4, -0.2) is 46.9 Å². The van der Waals surface area contributed by atoms with E-state index in [1.54, 1.807) is 0 Å². The minimum atomic E-state index is -0.797. The van der Waals surface area contributed by atoms with Crippen molar-refractivity contribution in [2.45, 2.75) is 264 Å². The van der Waals surface area contributed by atoms with Crippen molar-refractivity contribution in [1.82, 2.24) is 5.32 Å². The Labute approximate surface area is 347 Å². The molecule has 1 amide bonds. The van der Waals surface area contributed by atoms with Gasteiger partial charge < -0.3 is 20.3 Å². The van der Waals surface area contributed by atoms with Crippen molar-refractivity contribution in [3.8, 4) is 0 Å². The third kappa shape index (κ3) is 38.9. The van der Waals surface area contributed by atoms with Crippen LogP contribution in [0.2, 0.25) is 0 Å². The highest BCUT2D eigenvalue weighted by atomic mass is 16.5. The molecule has 0 aromatic rings. The van der Waals surface area contributed by atoms with Crippen molar-refractivity contribution in [2.24, 2.45) is 0 Å². The van der Waals surface area contributed by atoms with Crippen molar-refractivity contribution in [2.75, 3.05) is 6.61 Å². The lowest BCUT2D eigenvalue weighted by atomic mass is 10.0. The van der Waals surface area contributed by atoms with Gasteiger partial charge in [-0.25, -0.2) is 0 Å². The summed E-state index contributed by atoms with van der Waals surface area (Å²) in [6.07, 6.45) is 50.7. The Bertz CT molecular complexity index is 930. The summed E-state index contributed by atoms with van der Waals surface area (Å²) in [5, 5.41) is 23.7. The van der Waals surface area contributed by atoms with Crippen LogP contribution in [0.3, 0.4) is 0 Å². The second-order valence-electron chi connectivity index (χ2n) is 16.5. The van der Waals surface area contributed by atoms with Gasteiger partial charge in [-0.2, -0.15) is 0 Å². The van der Waals surface area contributed by atoms with Gasteiger partial charge >= 0.3 is 5.97 Å². The molecule has 3 atom stereocenters. The number of ether oxygens (including phenoxy) is 1. The van der Waals surface area contributed by atoms with Crippen LogP contribution in [0.5, 0.6) is 0 Å². The number of aliphatic hydroxyl groups is 2. The first-order chi connectivity index (χ1) is 27.5. The minimum Gasteiger partial charge on any atom is -0.462 e. The number of unbranched alkanes of at least 4 members (excludes halogenated alkanes) is 25. The molecule has 0 aliphatic rings. The van der Waals surface area contributed by atoms with Crippen LogP contribution in [-0.2, 0) is 14.3 Å². The van der Waals surface area contributed by atoms with Crippen LogP contribution in [0.25, 0.3) is 0 Å². The van der Waals surface area contributed by atoms with E-state index in [1.165, 1.54) is 128 Å². The highest BCUT2D eigenvalue weighted by Crippen LogP contribution is 2.17. The third-order valence-corrected chi connectivity index (χ3v) is 11.0. The molecule has 3 N–H and O–H groups in total. The van der Waals surface area contributed by atoms with E-state index < -0.39 is 18.2 Å². The van der Waals surface area contributed by atoms with Crippen molar-refractivity contribution in [3.05, 3.63) is 36.5 Å². The fourth-order valence-electron chi connectivity index (χ4n) is 7.24. The summed E-state index contributed by atoms with van der Waals surface area (Å²) < 4.78 is 5.86. The van der Waals surface area contributed by atoms with E-state index in [4.69, 9.17) is 4.74 Å². The molecular formula is C50H93NO5. The third-order valence-electron chi connectivity index (χ3n) is 11.0. The summed E-state index contributed by atoms with van der Waals surface area (Å²) in [5.74, 6) is -0.567. The van der Waals surface area contributed by atoms with Gasteiger partial charge in [0.2, 0.25) is 5.91 Å². The number of nitrogens with one attached hydrogen (secondary N) is 1. The average molecular weight is 788 g/mol. The van der Waals surface area contributed by atoms with Gasteiger partial charge in [0.1, 0.15) is 6.10 Å². The number of carbonyl (C=O) groups is 2. The van der Waals surface area contributed by atoms with Crippen LogP contribution < -0.4 is 5.32 Å². The Balaban J connectivity index is 4.59. The summed E-state index contributed by atoms with van der Waals surface area (Å²) >= 11 is 0. The molecule has 56 heavy (non-hydrogen) atoms. The zero-order valence-electron chi connectivity index (χ0n) is 37.3. The van der Waals surface area contributed by atoms with Gasteiger partial charge in [-0.05, 0) is 70.6 Å². The smallest absolute Gasteiger partial charge is 0.306 e. The van der Waals surface area contributed by atoms with Gasteiger partial charge in [-0.1, -0.05) is 198 Å². The number of carbonyl (C=O) groups excluding carboxylic acids is 2. The number of rotatable bonds is 43. The van der Waals surface area contributed by atoms with Gasteiger partial charge in [0.15, 0.2) is 0 Å². The number of allylic oxidation sites excluding steroid dienone is 6. The van der Waals surface area contributed by atoms with Crippen LogP contribution in [0, 0.1) is 0 Å². The molecule has 0 aromatic heterocycles. The predicted molar refractivity (Wildman–Crippen MR) is 241 cm³/mol. The maximum absolute atomic E-state index is 13.1. The zero-order valence-corrected chi connectivity index (χ0v) is 37.3. The monoisotopic (exact) mass is 788 g/mol. The van der Waals surface area contributed by atoms with Crippen LogP contribution >= 0.6 is 0 Å². The molecule has 0 rings (SSSR count). The van der Waals surface area contributed by atoms with Crippen molar-refractivity contribution >= 4 is 11.9 Å². The van der Waals surface area contributed by atoms with Crippen LogP contribution in [0.4, 0.5) is 0 Å². The maximum Gasteiger partial charge on any atom is 0.306 e. The van der Waals surface area contributed by atoms with Crippen LogP contribution in [0.15, 0.2) is 36.5 Å². The van der Waals surface area contributed by atoms with E-state index in [-0.39, 0.29) is 31.3 Å². The summed E-state index contributed by atoms with van der Waals surface area (Å²) in [4.78, 5) is 26.0. The Kier molecular flexibility index (Phi) is 42.7. The van der Waals surface area contributed by atoms with E-state index >= 15 is 0 Å². The molecule has 0 saturated heterocycles. The first kappa shape index (κ1) is 54.1. The summed E-state index contributed by atoms with van der Waals surface area (Å²) in [6, 6.07) is -0.713. The molecule has 0 aliphatic heterocycles. The molecular weight excluding hydrogens is 695 g/mol. The van der Waals surface area contributed by atoms with Gasteiger partial charge in [-0.3, -0.25) is 9.59 Å². The number of hydrogen-bond donors (Lipinski definition) is 3. The Morgan fingerprint density at radius 3 is 1.43 bits per heavy atom. The number of hydrogen-bond acceptors (Lipinski definition) is 5. The first-order valence-electron chi connectivity index (χ1n) is 24.2. The lowest BCUT2D eigenvalue weighted by Gasteiger charge is -2.24. The number of esters is 1. The first-order valence-corrected chi connectivity index (χ1v) is 24.2. The van der Waals surface area contributed by atoms with Gasteiger partial charge in [0.25, 0.3) is 0 Å². The molecule has 3 unspecified atom stereocenters. The van der Waals surface area contributed by atoms with E-state index in [1.807, 2.05) is 6.08 Å². The molecule has 0 fully saturated rings. The lowest BCUT2D eigenvalue weighted by molar-refractivity contribution is -0.150. The van der Waals surface area contributed by atoms with E-state index in [0.717, 1.165) is 64.2 Å². The van der Waals surface area contributed by atoms with Crippen molar-refractivity contribution in [3.63, 3.8) is 0 Å². The quantitative estimate of drug-likeness (QED) is 0.0325. The molecule has 0 spiro atoms. The number of amides is 1. The predicted octanol–water partition coefficient (Wildman–Crippen LogP) is 14.1. The molecule has 0 radical (unpaired) electrons. The molecule has 0 saturated carbocycles. The zero-order chi connectivity index (χ0) is 41.0. The second kappa shape index (κ2) is 44.2. The normalized spacial score (nSPS) is 13.6. The number of aliphatic hydroxyl groups excluding tert-OH is 2. The minimum absolute atomic E-state index is 0.0460. The molecule has 0 bridgehead atoms. The highest BCUT2D eigenvalue weighted by Gasteiger charge is 2.24. The van der Waals surface area contributed by atoms with E-state index in [2.05, 4.69) is 56.5 Å². The fourth-order valence-corrected chi connectivity index (χ4v) is 7.24.